The summed E-state index contributed by atoms with van der Waals surface area (Å²) < 4.78 is 16.2. The number of aromatic nitrogens is 2. The van der Waals surface area contributed by atoms with Gasteiger partial charge in [-0.1, -0.05) is 0 Å². The van der Waals surface area contributed by atoms with Crippen molar-refractivity contribution >= 4 is 16.9 Å². The first-order chi connectivity index (χ1) is 17.1. The zero-order valence-electron chi connectivity index (χ0n) is 19.8. The van der Waals surface area contributed by atoms with Gasteiger partial charge in [0.15, 0.2) is 0 Å². The van der Waals surface area contributed by atoms with E-state index >= 15 is 0 Å². The van der Waals surface area contributed by atoms with Crippen LogP contribution in [0.2, 0.25) is 0 Å². The van der Waals surface area contributed by atoms with Gasteiger partial charge in [-0.05, 0) is 79.6 Å². The molecule has 0 radical (unpaired) electrons. The minimum absolute atomic E-state index is 0.0907. The highest BCUT2D eigenvalue weighted by molar-refractivity contribution is 5.98. The van der Waals surface area contributed by atoms with E-state index in [2.05, 4.69) is 5.32 Å². The maximum atomic E-state index is 12.8. The molecule has 7 nitrogen and oxygen atoms in total. The van der Waals surface area contributed by atoms with Gasteiger partial charge < -0.3 is 19.5 Å². The first-order valence-corrected chi connectivity index (χ1v) is 11.6. The van der Waals surface area contributed by atoms with E-state index in [4.69, 9.17) is 24.2 Å². The average Bonchev–Trinajstić information content (AvgIpc) is 3.44. The maximum Gasteiger partial charge on any atom is 0.251 e. The summed E-state index contributed by atoms with van der Waals surface area (Å²) in [5, 5.41) is 2.97. The van der Waals surface area contributed by atoms with Crippen LogP contribution < -0.4 is 14.8 Å². The smallest absolute Gasteiger partial charge is 0.251 e. The number of fused-ring (bicyclic) bond motifs is 1. The molecule has 1 fully saturated rings. The monoisotopic (exact) mass is 469 g/mol. The van der Waals surface area contributed by atoms with Crippen LogP contribution in [0.5, 0.6) is 11.5 Å². The van der Waals surface area contributed by atoms with Gasteiger partial charge in [-0.25, -0.2) is 9.97 Å². The zero-order chi connectivity index (χ0) is 24.2. The van der Waals surface area contributed by atoms with E-state index in [1.165, 1.54) is 0 Å². The van der Waals surface area contributed by atoms with Gasteiger partial charge in [-0.2, -0.15) is 0 Å². The summed E-state index contributed by atoms with van der Waals surface area (Å²) in [5.74, 6) is 1.39. The van der Waals surface area contributed by atoms with E-state index in [0.29, 0.717) is 23.1 Å². The molecule has 0 aliphatic carbocycles. The van der Waals surface area contributed by atoms with Crippen molar-refractivity contribution in [1.29, 1.82) is 0 Å². The number of hydrogen-bond acceptors (Lipinski definition) is 6. The molecular weight excluding hydrogens is 442 g/mol. The number of nitrogens with zero attached hydrogens (tertiary/aromatic N) is 2. The highest BCUT2D eigenvalue weighted by atomic mass is 16.5. The number of amides is 1. The largest absolute Gasteiger partial charge is 0.497 e. The Hall–Kier alpha value is -3.97. The van der Waals surface area contributed by atoms with E-state index < -0.39 is 0 Å². The van der Waals surface area contributed by atoms with Crippen molar-refractivity contribution in [3.8, 4) is 34.0 Å². The summed E-state index contributed by atoms with van der Waals surface area (Å²) in [4.78, 5) is 22.7. The summed E-state index contributed by atoms with van der Waals surface area (Å²) in [6.45, 7) is 1.27. The summed E-state index contributed by atoms with van der Waals surface area (Å²) in [7, 11) is 3.28. The molecule has 0 saturated carbocycles. The Balaban J connectivity index is 1.54. The Bertz CT molecular complexity index is 1330. The molecule has 1 aliphatic rings. The second-order valence-electron chi connectivity index (χ2n) is 8.43. The first-order valence-electron chi connectivity index (χ1n) is 11.6. The third-order valence-corrected chi connectivity index (χ3v) is 6.17. The quantitative estimate of drug-likeness (QED) is 0.415. The van der Waals surface area contributed by atoms with E-state index in [-0.39, 0.29) is 12.0 Å². The second kappa shape index (κ2) is 10.1. The number of hydrogen-bond donors (Lipinski definition) is 1. The zero-order valence-corrected chi connectivity index (χ0v) is 19.8. The molecule has 0 bridgehead atoms. The summed E-state index contributed by atoms with van der Waals surface area (Å²) in [5.41, 5.74) is 5.20. The Morgan fingerprint density at radius 3 is 2.03 bits per heavy atom. The van der Waals surface area contributed by atoms with Crippen LogP contribution in [0.3, 0.4) is 0 Å². The van der Waals surface area contributed by atoms with Crippen molar-refractivity contribution in [2.24, 2.45) is 0 Å². The third kappa shape index (κ3) is 4.95. The van der Waals surface area contributed by atoms with Gasteiger partial charge in [-0.3, -0.25) is 4.79 Å². The fourth-order valence-electron chi connectivity index (χ4n) is 4.21. The molecular formula is C28H27N3O4. The van der Waals surface area contributed by atoms with Crippen LogP contribution in [-0.2, 0) is 4.74 Å². The molecule has 5 rings (SSSR count). The van der Waals surface area contributed by atoms with Gasteiger partial charge in [0.05, 0.1) is 42.7 Å². The fourth-order valence-corrected chi connectivity index (χ4v) is 4.21. The SMILES string of the molecule is COc1ccc(-c2nc3ccc(C(=O)NC[C@@H]4CCCO4)cc3nc2-c2ccc(OC)cc2)cc1. The molecule has 3 aromatic carbocycles. The minimum Gasteiger partial charge on any atom is -0.497 e. The van der Waals surface area contributed by atoms with Crippen molar-refractivity contribution in [3.05, 3.63) is 72.3 Å². The lowest BCUT2D eigenvalue weighted by Gasteiger charge is -2.13. The average molecular weight is 470 g/mol. The summed E-state index contributed by atoms with van der Waals surface area (Å²) in [6, 6.07) is 20.9. The van der Waals surface area contributed by atoms with Gasteiger partial charge in [0, 0.05) is 29.8 Å². The normalized spacial score (nSPS) is 15.2. The molecule has 0 unspecified atom stereocenters. The van der Waals surface area contributed by atoms with Gasteiger partial charge in [0.25, 0.3) is 5.91 Å². The Morgan fingerprint density at radius 1 is 0.886 bits per heavy atom. The van der Waals surface area contributed by atoms with E-state index in [0.717, 1.165) is 53.5 Å². The molecule has 1 aromatic heterocycles. The molecule has 0 spiro atoms. The van der Waals surface area contributed by atoms with Crippen LogP contribution in [0, 0.1) is 0 Å². The number of ether oxygens (including phenoxy) is 3. The van der Waals surface area contributed by atoms with Gasteiger partial charge in [-0.15, -0.1) is 0 Å². The highest BCUT2D eigenvalue weighted by Gasteiger charge is 2.18. The predicted octanol–water partition coefficient (Wildman–Crippen LogP) is 4.89. The van der Waals surface area contributed by atoms with Crippen LogP contribution >= 0.6 is 0 Å². The molecule has 1 atom stereocenters. The standard InChI is InChI=1S/C28H27N3O4/c1-33-21-10-5-18(6-11-21)26-27(19-7-12-22(34-2)13-8-19)31-25-16-20(9-14-24(25)30-26)28(32)29-17-23-4-3-15-35-23/h5-14,16,23H,3-4,15,17H2,1-2H3,(H,29,32)/t23-/m0/s1. The molecule has 1 N–H and O–H groups in total. The molecule has 1 aliphatic heterocycles. The molecule has 4 aromatic rings. The van der Waals surface area contributed by atoms with Crippen LogP contribution in [0.1, 0.15) is 23.2 Å². The van der Waals surface area contributed by atoms with Gasteiger partial charge in [0.2, 0.25) is 0 Å². The second-order valence-corrected chi connectivity index (χ2v) is 8.43. The van der Waals surface area contributed by atoms with Gasteiger partial charge in [0.1, 0.15) is 11.5 Å². The van der Waals surface area contributed by atoms with Crippen molar-refractivity contribution in [1.82, 2.24) is 15.3 Å². The number of carbonyl (C=O) groups is 1. The van der Waals surface area contributed by atoms with Crippen molar-refractivity contribution in [2.45, 2.75) is 18.9 Å². The number of carbonyl (C=O) groups excluding carboxylic acids is 1. The first kappa shape index (κ1) is 22.8. The van der Waals surface area contributed by atoms with Crippen molar-refractivity contribution in [3.63, 3.8) is 0 Å². The van der Waals surface area contributed by atoms with E-state index in [1.54, 1.807) is 26.4 Å². The van der Waals surface area contributed by atoms with Gasteiger partial charge >= 0.3 is 0 Å². The Morgan fingerprint density at radius 2 is 1.49 bits per heavy atom. The number of nitrogens with one attached hydrogen (secondary N) is 1. The highest BCUT2D eigenvalue weighted by Crippen LogP contribution is 2.33. The molecule has 7 heteroatoms. The van der Waals surface area contributed by atoms with Crippen LogP contribution in [-0.4, -0.2) is 49.4 Å². The van der Waals surface area contributed by atoms with Crippen LogP contribution in [0.25, 0.3) is 33.5 Å². The maximum absolute atomic E-state index is 12.8. The lowest BCUT2D eigenvalue weighted by molar-refractivity contribution is 0.0858. The van der Waals surface area contributed by atoms with Crippen molar-refractivity contribution in [2.75, 3.05) is 27.4 Å². The number of methoxy groups -OCH3 is 2. The minimum atomic E-state index is -0.144. The fraction of sp³-hybridized carbons (Fsp3) is 0.250. The molecule has 178 valence electrons. The number of benzene rings is 3. The number of rotatable bonds is 7. The van der Waals surface area contributed by atoms with Crippen LogP contribution in [0.15, 0.2) is 66.7 Å². The summed E-state index contributed by atoms with van der Waals surface area (Å²) in [6.07, 6.45) is 2.10. The van der Waals surface area contributed by atoms with Crippen molar-refractivity contribution < 1.29 is 19.0 Å². The Kier molecular flexibility index (Phi) is 6.59. The van der Waals surface area contributed by atoms with Crippen LogP contribution in [0.4, 0.5) is 0 Å². The lowest BCUT2D eigenvalue weighted by Crippen LogP contribution is -2.31. The molecule has 2 heterocycles. The topological polar surface area (TPSA) is 82.6 Å². The lowest BCUT2D eigenvalue weighted by atomic mass is 10.0. The van der Waals surface area contributed by atoms with E-state index in [9.17, 15) is 4.79 Å². The molecule has 1 saturated heterocycles. The molecule has 35 heavy (non-hydrogen) atoms. The Labute approximate surface area is 204 Å². The van der Waals surface area contributed by atoms with E-state index in [1.807, 2.05) is 54.6 Å². The predicted molar refractivity (Wildman–Crippen MR) is 135 cm³/mol. The third-order valence-electron chi connectivity index (χ3n) is 6.17. The molecule has 1 amide bonds. The summed E-state index contributed by atoms with van der Waals surface area (Å²) >= 11 is 0.